The van der Waals surface area contributed by atoms with E-state index >= 15 is 0 Å². The van der Waals surface area contributed by atoms with Crippen molar-refractivity contribution in [1.29, 1.82) is 0 Å². The summed E-state index contributed by atoms with van der Waals surface area (Å²) < 4.78 is 0. The van der Waals surface area contributed by atoms with E-state index in [1.54, 1.807) is 20.3 Å². The number of anilines is 5. The van der Waals surface area contributed by atoms with Gasteiger partial charge in [0.25, 0.3) is 0 Å². The van der Waals surface area contributed by atoms with Crippen LogP contribution in [0.3, 0.4) is 0 Å². The molecule has 0 bridgehead atoms. The van der Waals surface area contributed by atoms with Crippen LogP contribution in [0.2, 0.25) is 0 Å². The minimum atomic E-state index is 0.391. The van der Waals surface area contributed by atoms with E-state index < -0.39 is 0 Å². The fourth-order valence-electron chi connectivity index (χ4n) is 5.03. The molecule has 0 saturated carbocycles. The topological polar surface area (TPSA) is 9.72 Å². The summed E-state index contributed by atoms with van der Waals surface area (Å²) in [7, 11) is 0. The number of benzene rings is 3. The predicted molar refractivity (Wildman–Crippen MR) is 161 cm³/mol. The Morgan fingerprint density at radius 1 is 0.457 bits per heavy atom. The molecule has 5 heteroatoms. The molecular formula is C30H41CuIN3. The van der Waals surface area contributed by atoms with E-state index in [1.807, 2.05) is 0 Å². The van der Waals surface area contributed by atoms with Crippen LogP contribution in [0.15, 0.2) is 78.9 Å². The summed E-state index contributed by atoms with van der Waals surface area (Å²) in [6, 6.07) is 30.0. The summed E-state index contributed by atoms with van der Waals surface area (Å²) in [5.41, 5.74) is 6.07. The molecule has 0 radical (unpaired) electrons. The van der Waals surface area contributed by atoms with E-state index in [1.165, 1.54) is 22.7 Å². The van der Waals surface area contributed by atoms with Gasteiger partial charge in [-0.2, -0.15) is 0 Å². The van der Waals surface area contributed by atoms with Gasteiger partial charge >= 0.3 is 33.1 Å². The second-order valence-electron chi connectivity index (χ2n) is 9.84. The molecule has 194 valence electrons. The first-order valence-corrected chi connectivity index (χ1v) is 15.5. The van der Waals surface area contributed by atoms with Crippen molar-refractivity contribution >= 4 is 48.8 Å². The molecule has 0 aliphatic carbocycles. The van der Waals surface area contributed by atoms with Gasteiger partial charge in [-0.05, 0) is 91.8 Å². The second-order valence-corrected chi connectivity index (χ2v) is 9.84. The summed E-state index contributed by atoms with van der Waals surface area (Å²) >= 11 is 5.87. The van der Waals surface area contributed by atoms with Crippen LogP contribution < -0.4 is 14.7 Å². The van der Waals surface area contributed by atoms with Crippen molar-refractivity contribution in [2.45, 2.75) is 79.6 Å². The maximum atomic E-state index is 4.16. The average Bonchev–Trinajstić information content (AvgIpc) is 2.82. The van der Waals surface area contributed by atoms with Crippen LogP contribution in [-0.2, 0) is 12.8 Å². The van der Waals surface area contributed by atoms with Crippen molar-refractivity contribution in [3.8, 4) is 0 Å². The van der Waals surface area contributed by atoms with Crippen molar-refractivity contribution in [3.63, 3.8) is 0 Å². The molecule has 35 heavy (non-hydrogen) atoms. The maximum absolute atomic E-state index is 4.16. The van der Waals surface area contributed by atoms with Crippen molar-refractivity contribution in [3.05, 3.63) is 78.9 Å². The molecular weight excluding hydrogens is 593 g/mol. The Morgan fingerprint density at radius 2 is 0.743 bits per heavy atom. The van der Waals surface area contributed by atoms with Crippen molar-refractivity contribution in [1.82, 2.24) is 0 Å². The summed E-state index contributed by atoms with van der Waals surface area (Å²) in [4.78, 5) is 7.45. The zero-order valence-electron chi connectivity index (χ0n) is 22.3. The third-order valence-corrected chi connectivity index (χ3v) is 6.04. The molecule has 0 aliphatic rings. The Bertz CT molecular complexity index is 941. The first kappa shape index (κ1) is 29.5. The fraction of sp³-hybridized carbons (Fsp3) is 0.400. The Balaban J connectivity index is 0.00000210. The SMILES string of the molecule is CC(C)N(c1ccccc1N(c1ccccc1)c1ccccc1N(C(C)C)C(C)C)C(C)C.[Cu][I]. The molecule has 0 N–H and O–H groups in total. The zero-order chi connectivity index (χ0) is 26.1. The summed E-state index contributed by atoms with van der Waals surface area (Å²) in [6.45, 7) is 18.2. The first-order chi connectivity index (χ1) is 16.7. The van der Waals surface area contributed by atoms with Crippen molar-refractivity contribution in [2.75, 3.05) is 14.7 Å². The standard InChI is InChI=1S/C30H41N3.Cu.HI/c1-22(2)31(23(3)4)27-18-12-14-20-29(27)33(26-16-10-9-11-17-26)30-21-15-13-19-28(30)32(24(5)6)25(7)8;;/h9-25H,1-8H3;;1H/q;+1;/p-1. The molecule has 0 aliphatic heterocycles. The first-order valence-electron chi connectivity index (χ1n) is 12.4. The number of hydrogen-bond donors (Lipinski definition) is 0. The van der Waals surface area contributed by atoms with E-state index in [9.17, 15) is 0 Å². The summed E-state index contributed by atoms with van der Waals surface area (Å²) in [5.74, 6) is 0. The average molecular weight is 634 g/mol. The minimum absolute atomic E-state index is 0.391. The van der Waals surface area contributed by atoms with Crippen LogP contribution in [0.1, 0.15) is 55.4 Å². The molecule has 3 aromatic rings. The Morgan fingerprint density at radius 3 is 1.06 bits per heavy atom. The number of nitrogens with zero attached hydrogens (tertiary/aromatic N) is 3. The van der Waals surface area contributed by atoms with Gasteiger partial charge in [0.15, 0.2) is 0 Å². The zero-order valence-corrected chi connectivity index (χ0v) is 25.4. The number of hydrogen-bond acceptors (Lipinski definition) is 3. The van der Waals surface area contributed by atoms with Crippen LogP contribution in [0.25, 0.3) is 0 Å². The van der Waals surface area contributed by atoms with Crippen LogP contribution in [0.4, 0.5) is 28.4 Å². The van der Waals surface area contributed by atoms with Gasteiger partial charge in [-0.15, -0.1) is 0 Å². The van der Waals surface area contributed by atoms with E-state index in [-0.39, 0.29) is 0 Å². The molecule has 0 amide bonds. The van der Waals surface area contributed by atoms with Crippen LogP contribution in [0.5, 0.6) is 0 Å². The van der Waals surface area contributed by atoms with Gasteiger partial charge in [-0.3, -0.25) is 0 Å². The Hall–Kier alpha value is -1.69. The monoisotopic (exact) mass is 633 g/mol. The quantitative estimate of drug-likeness (QED) is 0.172. The van der Waals surface area contributed by atoms with Crippen LogP contribution >= 0.6 is 20.3 Å². The predicted octanol–water partition coefficient (Wildman–Crippen LogP) is 9.29. The second kappa shape index (κ2) is 14.2. The molecule has 0 spiro atoms. The van der Waals surface area contributed by atoms with Crippen LogP contribution in [0, 0.1) is 0 Å². The molecule has 0 fully saturated rings. The Kier molecular flexibility index (Phi) is 11.9. The van der Waals surface area contributed by atoms with E-state index in [4.69, 9.17) is 0 Å². The van der Waals surface area contributed by atoms with Gasteiger partial charge in [0.05, 0.1) is 22.7 Å². The van der Waals surface area contributed by atoms with Gasteiger partial charge in [-0.1, -0.05) is 42.5 Å². The van der Waals surface area contributed by atoms with Gasteiger partial charge in [0.2, 0.25) is 0 Å². The molecule has 3 nitrogen and oxygen atoms in total. The molecule has 3 rings (SSSR count). The van der Waals surface area contributed by atoms with Gasteiger partial charge in [0, 0.05) is 29.9 Å². The summed E-state index contributed by atoms with van der Waals surface area (Å²) in [6.07, 6.45) is 0. The molecule has 0 saturated heterocycles. The molecule has 0 atom stereocenters. The number of halogens is 1. The van der Waals surface area contributed by atoms with E-state index in [0.717, 1.165) is 5.69 Å². The van der Waals surface area contributed by atoms with Gasteiger partial charge < -0.3 is 14.7 Å². The fourth-order valence-corrected chi connectivity index (χ4v) is 5.03. The van der Waals surface area contributed by atoms with E-state index in [0.29, 0.717) is 24.2 Å². The molecule has 3 aromatic carbocycles. The van der Waals surface area contributed by atoms with Crippen molar-refractivity contribution < 1.29 is 12.8 Å². The third-order valence-electron chi connectivity index (χ3n) is 6.04. The normalized spacial score (nSPS) is 11.1. The molecule has 0 unspecified atom stereocenters. The van der Waals surface area contributed by atoms with Crippen molar-refractivity contribution in [2.24, 2.45) is 0 Å². The number of rotatable bonds is 9. The summed E-state index contributed by atoms with van der Waals surface area (Å²) in [5, 5.41) is 0. The van der Waals surface area contributed by atoms with Gasteiger partial charge in [0.1, 0.15) is 0 Å². The third kappa shape index (κ3) is 7.18. The van der Waals surface area contributed by atoms with Gasteiger partial charge in [-0.25, -0.2) is 0 Å². The Labute approximate surface area is 233 Å². The van der Waals surface area contributed by atoms with Crippen LogP contribution in [-0.4, -0.2) is 24.2 Å². The molecule has 0 aromatic heterocycles. The molecule has 0 heterocycles. The number of para-hydroxylation sites is 5. The van der Waals surface area contributed by atoms with E-state index in [2.05, 4.69) is 162 Å².